The van der Waals surface area contributed by atoms with Crippen molar-refractivity contribution in [1.29, 1.82) is 0 Å². The van der Waals surface area contributed by atoms with Crippen LogP contribution in [-0.4, -0.2) is 30.2 Å². The van der Waals surface area contributed by atoms with E-state index in [0.29, 0.717) is 18.8 Å². The normalized spacial score (nSPS) is 17.4. The molecular formula is C17H19NO4. The van der Waals surface area contributed by atoms with E-state index in [4.69, 9.17) is 13.9 Å². The molecule has 2 heterocycles. The summed E-state index contributed by atoms with van der Waals surface area (Å²) in [6.45, 7) is 1.64. The van der Waals surface area contributed by atoms with Crippen molar-refractivity contribution in [2.24, 2.45) is 0 Å². The van der Waals surface area contributed by atoms with Crippen LogP contribution in [0.2, 0.25) is 0 Å². The second-order valence-corrected chi connectivity index (χ2v) is 5.28. The van der Waals surface area contributed by atoms with Gasteiger partial charge in [0.05, 0.1) is 25.5 Å². The van der Waals surface area contributed by atoms with E-state index in [9.17, 15) is 4.79 Å². The highest BCUT2D eigenvalue weighted by Crippen LogP contribution is 2.17. The van der Waals surface area contributed by atoms with E-state index in [1.807, 2.05) is 30.3 Å². The SMILES string of the molecule is O=C(Oc1ccccc1)N(Cc1ccco1)CC1CCCO1. The summed E-state index contributed by atoms with van der Waals surface area (Å²) in [7, 11) is 0. The zero-order valence-electron chi connectivity index (χ0n) is 12.3. The molecule has 0 spiro atoms. The molecule has 1 fully saturated rings. The average Bonchev–Trinajstić information content (AvgIpc) is 3.21. The highest BCUT2D eigenvalue weighted by Gasteiger charge is 2.24. The Labute approximate surface area is 129 Å². The third kappa shape index (κ3) is 3.89. The fraction of sp³-hybridized carbons (Fsp3) is 0.353. The molecule has 1 aliphatic heterocycles. The molecule has 1 unspecified atom stereocenters. The first kappa shape index (κ1) is 14.7. The summed E-state index contributed by atoms with van der Waals surface area (Å²) in [4.78, 5) is 14.1. The van der Waals surface area contributed by atoms with Gasteiger partial charge in [-0.15, -0.1) is 0 Å². The molecule has 0 radical (unpaired) electrons. The minimum absolute atomic E-state index is 0.0679. The number of carbonyl (C=O) groups is 1. The number of nitrogens with zero attached hydrogens (tertiary/aromatic N) is 1. The number of rotatable bonds is 5. The first-order valence-electron chi connectivity index (χ1n) is 7.47. The van der Waals surface area contributed by atoms with E-state index in [0.717, 1.165) is 25.2 Å². The van der Waals surface area contributed by atoms with E-state index >= 15 is 0 Å². The molecule has 5 nitrogen and oxygen atoms in total. The molecule has 3 rings (SSSR count). The lowest BCUT2D eigenvalue weighted by Crippen LogP contribution is -2.38. The zero-order valence-corrected chi connectivity index (χ0v) is 12.3. The number of para-hydroxylation sites is 1. The smallest absolute Gasteiger partial charge is 0.415 e. The average molecular weight is 301 g/mol. The van der Waals surface area contributed by atoms with E-state index in [1.165, 1.54) is 0 Å². The molecule has 116 valence electrons. The van der Waals surface area contributed by atoms with Crippen molar-refractivity contribution in [3.05, 3.63) is 54.5 Å². The van der Waals surface area contributed by atoms with Crippen LogP contribution in [0.4, 0.5) is 4.79 Å². The molecule has 0 N–H and O–H groups in total. The van der Waals surface area contributed by atoms with Crippen LogP contribution in [0.25, 0.3) is 0 Å². The third-order valence-corrected chi connectivity index (χ3v) is 3.58. The van der Waals surface area contributed by atoms with Crippen molar-refractivity contribution in [1.82, 2.24) is 4.90 Å². The van der Waals surface area contributed by atoms with Gasteiger partial charge in [-0.05, 0) is 37.1 Å². The van der Waals surface area contributed by atoms with Crippen LogP contribution in [0.3, 0.4) is 0 Å². The molecule has 0 aliphatic carbocycles. The van der Waals surface area contributed by atoms with Crippen molar-refractivity contribution in [2.45, 2.75) is 25.5 Å². The van der Waals surface area contributed by atoms with Gasteiger partial charge in [0.15, 0.2) is 0 Å². The zero-order chi connectivity index (χ0) is 15.2. The number of carbonyl (C=O) groups excluding carboxylic acids is 1. The Kier molecular flexibility index (Phi) is 4.75. The number of amides is 1. The van der Waals surface area contributed by atoms with Crippen molar-refractivity contribution in [3.63, 3.8) is 0 Å². The van der Waals surface area contributed by atoms with Gasteiger partial charge in [0.2, 0.25) is 0 Å². The van der Waals surface area contributed by atoms with Crippen LogP contribution in [0.15, 0.2) is 53.1 Å². The molecule has 5 heteroatoms. The molecule has 1 atom stereocenters. The quantitative estimate of drug-likeness (QED) is 0.848. The summed E-state index contributed by atoms with van der Waals surface area (Å²) >= 11 is 0. The lowest BCUT2D eigenvalue weighted by molar-refractivity contribution is 0.0673. The van der Waals surface area contributed by atoms with E-state index < -0.39 is 6.09 Å². The van der Waals surface area contributed by atoms with Gasteiger partial charge in [0, 0.05) is 6.61 Å². The summed E-state index contributed by atoms with van der Waals surface area (Å²) in [5, 5.41) is 0. The number of ether oxygens (including phenoxy) is 2. The second kappa shape index (κ2) is 7.13. The summed E-state index contributed by atoms with van der Waals surface area (Å²) in [5.74, 6) is 1.26. The van der Waals surface area contributed by atoms with Gasteiger partial charge < -0.3 is 13.9 Å². The monoisotopic (exact) mass is 301 g/mol. The molecule has 1 amide bonds. The molecule has 22 heavy (non-hydrogen) atoms. The topological polar surface area (TPSA) is 51.9 Å². The van der Waals surface area contributed by atoms with Gasteiger partial charge in [-0.1, -0.05) is 18.2 Å². The lowest BCUT2D eigenvalue weighted by atomic mass is 10.2. The Hall–Kier alpha value is -2.27. The van der Waals surface area contributed by atoms with Crippen LogP contribution >= 0.6 is 0 Å². The van der Waals surface area contributed by atoms with Gasteiger partial charge in [-0.25, -0.2) is 4.79 Å². The summed E-state index contributed by atoms with van der Waals surface area (Å²) in [6.07, 6.45) is 3.28. The summed E-state index contributed by atoms with van der Waals surface area (Å²) in [6, 6.07) is 12.7. The largest absolute Gasteiger partial charge is 0.467 e. The van der Waals surface area contributed by atoms with Crippen molar-refractivity contribution < 1.29 is 18.7 Å². The highest BCUT2D eigenvalue weighted by molar-refractivity contribution is 5.70. The molecule has 1 aromatic heterocycles. The first-order chi connectivity index (χ1) is 10.8. The van der Waals surface area contributed by atoms with E-state index in [-0.39, 0.29) is 6.10 Å². The standard InChI is InChI=1S/C17H19NO4/c19-17(22-14-6-2-1-3-7-14)18(12-15-8-4-10-20-15)13-16-9-5-11-21-16/h1-4,6-8,10,16H,5,9,11-13H2. The maximum atomic E-state index is 12.4. The molecular weight excluding hydrogens is 282 g/mol. The number of hydrogen-bond donors (Lipinski definition) is 0. The Balaban J connectivity index is 1.67. The van der Waals surface area contributed by atoms with Crippen molar-refractivity contribution in [3.8, 4) is 5.75 Å². The maximum Gasteiger partial charge on any atom is 0.415 e. The lowest BCUT2D eigenvalue weighted by Gasteiger charge is -2.23. The van der Waals surface area contributed by atoms with Crippen molar-refractivity contribution >= 4 is 6.09 Å². The summed E-state index contributed by atoms with van der Waals surface area (Å²) in [5.41, 5.74) is 0. The van der Waals surface area contributed by atoms with Crippen LogP contribution in [0, 0.1) is 0 Å². The molecule has 1 aromatic carbocycles. The van der Waals surface area contributed by atoms with Crippen LogP contribution in [0.1, 0.15) is 18.6 Å². The molecule has 1 aliphatic rings. The molecule has 2 aromatic rings. The predicted molar refractivity (Wildman–Crippen MR) is 80.6 cm³/mol. The van der Waals surface area contributed by atoms with Crippen LogP contribution in [0.5, 0.6) is 5.75 Å². The minimum atomic E-state index is -0.391. The highest BCUT2D eigenvalue weighted by atomic mass is 16.6. The Morgan fingerprint density at radius 2 is 2.09 bits per heavy atom. The first-order valence-corrected chi connectivity index (χ1v) is 7.47. The molecule has 1 saturated heterocycles. The fourth-order valence-corrected chi connectivity index (χ4v) is 2.48. The second-order valence-electron chi connectivity index (χ2n) is 5.28. The number of benzene rings is 1. The van der Waals surface area contributed by atoms with Gasteiger partial charge in [0.1, 0.15) is 11.5 Å². The maximum absolute atomic E-state index is 12.4. The number of hydrogen-bond acceptors (Lipinski definition) is 4. The Bertz CT molecular complexity index is 576. The van der Waals surface area contributed by atoms with Gasteiger partial charge in [-0.3, -0.25) is 4.90 Å². The van der Waals surface area contributed by atoms with Crippen molar-refractivity contribution in [2.75, 3.05) is 13.2 Å². The van der Waals surface area contributed by atoms with Gasteiger partial charge in [-0.2, -0.15) is 0 Å². The van der Waals surface area contributed by atoms with Gasteiger partial charge >= 0.3 is 6.09 Å². The third-order valence-electron chi connectivity index (χ3n) is 3.58. The Morgan fingerprint density at radius 3 is 2.77 bits per heavy atom. The summed E-state index contributed by atoms with van der Waals surface area (Å²) < 4.78 is 16.4. The Morgan fingerprint density at radius 1 is 1.23 bits per heavy atom. The fourth-order valence-electron chi connectivity index (χ4n) is 2.48. The minimum Gasteiger partial charge on any atom is -0.467 e. The van der Waals surface area contributed by atoms with Gasteiger partial charge in [0.25, 0.3) is 0 Å². The van der Waals surface area contributed by atoms with E-state index in [2.05, 4.69) is 0 Å². The predicted octanol–water partition coefficient (Wildman–Crippen LogP) is 3.46. The number of furan rings is 1. The van der Waals surface area contributed by atoms with Crippen LogP contribution in [-0.2, 0) is 11.3 Å². The molecule has 0 saturated carbocycles. The molecule has 0 bridgehead atoms. The van der Waals surface area contributed by atoms with E-state index in [1.54, 1.807) is 23.3 Å². The van der Waals surface area contributed by atoms with Crippen LogP contribution < -0.4 is 4.74 Å².